The Labute approximate surface area is 203 Å². The molecule has 0 spiro atoms. The number of anilines is 1. The number of nitro benzene ring substituents is 1. The van der Waals surface area contributed by atoms with Gasteiger partial charge in [0.2, 0.25) is 0 Å². The van der Waals surface area contributed by atoms with E-state index in [-0.39, 0.29) is 27.9 Å². The van der Waals surface area contributed by atoms with Gasteiger partial charge < -0.3 is 9.88 Å². The van der Waals surface area contributed by atoms with E-state index in [0.29, 0.717) is 12.1 Å². The number of rotatable bonds is 3. The average molecular weight is 464 g/mol. The second-order valence-corrected chi connectivity index (χ2v) is 10.2. The molecule has 2 heterocycles. The molecule has 4 aromatic rings. The van der Waals surface area contributed by atoms with Gasteiger partial charge in [-0.15, -0.1) is 0 Å². The Balaban J connectivity index is 1.57. The molecule has 0 amide bonds. The number of benzene rings is 3. The minimum Gasteiger partial charge on any atom is -0.372 e. The highest BCUT2D eigenvalue weighted by molar-refractivity contribution is 6.12. The highest BCUT2D eigenvalue weighted by Crippen LogP contribution is 2.52. The molecule has 35 heavy (non-hydrogen) atoms. The smallest absolute Gasteiger partial charge is 0.271 e. The van der Waals surface area contributed by atoms with Gasteiger partial charge in [-0.3, -0.25) is 14.9 Å². The summed E-state index contributed by atoms with van der Waals surface area (Å²) in [6, 6.07) is 22.6. The van der Waals surface area contributed by atoms with Crippen LogP contribution >= 0.6 is 0 Å². The van der Waals surface area contributed by atoms with Crippen LogP contribution in [0.5, 0.6) is 0 Å². The first-order chi connectivity index (χ1) is 16.8. The van der Waals surface area contributed by atoms with Crippen molar-refractivity contribution in [1.29, 1.82) is 0 Å². The van der Waals surface area contributed by atoms with Crippen LogP contribution in [0.3, 0.4) is 0 Å². The molecule has 6 nitrogen and oxygen atoms in total. The van der Waals surface area contributed by atoms with Crippen molar-refractivity contribution in [1.82, 2.24) is 4.57 Å². The Morgan fingerprint density at radius 3 is 2.66 bits per heavy atom. The first-order valence-corrected chi connectivity index (χ1v) is 11.8. The summed E-state index contributed by atoms with van der Waals surface area (Å²) < 4.78 is 1.94. The lowest BCUT2D eigenvalue weighted by molar-refractivity contribution is -0.384. The molecule has 0 bridgehead atoms. The standard InChI is InChI=1S/C29H25N3O3/c1-29(2)16-22-26-21-10-4-3-7-18(21)12-13-23(26)30-28(27(22)25(33)17-29)24-11-6-14-31(24)19-8-5-9-20(15-19)32(34)35/h3-15,28,30H,16-17H2,1-2H3/t28-/m0/s1. The van der Waals surface area contributed by atoms with Gasteiger partial charge in [0.1, 0.15) is 0 Å². The van der Waals surface area contributed by atoms with Crippen LogP contribution in [-0.4, -0.2) is 15.3 Å². The number of aromatic nitrogens is 1. The summed E-state index contributed by atoms with van der Waals surface area (Å²) in [5, 5.41) is 17.3. The van der Waals surface area contributed by atoms with E-state index in [2.05, 4.69) is 43.4 Å². The van der Waals surface area contributed by atoms with Gasteiger partial charge in [0.25, 0.3) is 5.69 Å². The maximum atomic E-state index is 13.7. The predicted octanol–water partition coefficient (Wildman–Crippen LogP) is 6.85. The molecule has 1 aromatic heterocycles. The first kappa shape index (κ1) is 21.4. The Morgan fingerprint density at radius 1 is 1.00 bits per heavy atom. The molecule has 6 heteroatoms. The molecule has 0 saturated carbocycles. The SMILES string of the molecule is CC1(C)CC(=O)C2=C(C1)c1c(ccc3ccccc13)N[C@H]2c1cccn1-c1cccc([N+](=O)[O-])c1. The molecule has 1 aliphatic carbocycles. The Bertz CT molecular complexity index is 1560. The van der Waals surface area contributed by atoms with Gasteiger partial charge in [0, 0.05) is 47.3 Å². The lowest BCUT2D eigenvalue weighted by Crippen LogP contribution is -2.33. The van der Waals surface area contributed by atoms with Crippen LogP contribution in [0.2, 0.25) is 0 Å². The molecule has 2 aliphatic rings. The van der Waals surface area contributed by atoms with Crippen molar-refractivity contribution in [3.05, 3.63) is 106 Å². The topological polar surface area (TPSA) is 77.2 Å². The van der Waals surface area contributed by atoms with Crippen molar-refractivity contribution in [3.8, 4) is 5.69 Å². The summed E-state index contributed by atoms with van der Waals surface area (Å²) >= 11 is 0. The number of carbonyl (C=O) groups is 1. The van der Waals surface area contributed by atoms with Crippen LogP contribution in [0, 0.1) is 15.5 Å². The van der Waals surface area contributed by atoms with E-state index >= 15 is 0 Å². The number of carbonyl (C=O) groups excluding carboxylic acids is 1. The summed E-state index contributed by atoms with van der Waals surface area (Å²) in [5.41, 5.74) is 5.50. The Hall–Kier alpha value is -4.19. The molecule has 1 aliphatic heterocycles. The zero-order valence-corrected chi connectivity index (χ0v) is 19.6. The third kappa shape index (κ3) is 3.44. The largest absolute Gasteiger partial charge is 0.372 e. The fourth-order valence-electron chi connectivity index (χ4n) is 5.68. The highest BCUT2D eigenvalue weighted by Gasteiger charge is 2.41. The second kappa shape index (κ2) is 7.67. The number of nitrogens with one attached hydrogen (secondary N) is 1. The number of hydrogen-bond donors (Lipinski definition) is 1. The van der Waals surface area contributed by atoms with Gasteiger partial charge in [0.05, 0.1) is 16.7 Å². The number of hydrogen-bond acceptors (Lipinski definition) is 4. The Kier molecular flexibility index (Phi) is 4.68. The lowest BCUT2D eigenvalue weighted by atomic mass is 9.68. The van der Waals surface area contributed by atoms with Crippen molar-refractivity contribution in [2.45, 2.75) is 32.7 Å². The van der Waals surface area contributed by atoms with Crippen LogP contribution in [0.15, 0.2) is 84.6 Å². The van der Waals surface area contributed by atoms with Gasteiger partial charge in [-0.1, -0.05) is 50.2 Å². The quantitative estimate of drug-likeness (QED) is 0.266. The summed E-state index contributed by atoms with van der Waals surface area (Å²) in [4.78, 5) is 24.7. The summed E-state index contributed by atoms with van der Waals surface area (Å²) in [5.74, 6) is 0.152. The molecule has 6 rings (SSSR count). The second-order valence-electron chi connectivity index (χ2n) is 10.2. The normalized spacial score (nSPS) is 18.7. The van der Waals surface area contributed by atoms with Crippen molar-refractivity contribution >= 4 is 33.5 Å². The maximum Gasteiger partial charge on any atom is 0.271 e. The van der Waals surface area contributed by atoms with Crippen LogP contribution in [0.4, 0.5) is 11.4 Å². The number of allylic oxidation sites excluding steroid dienone is 1. The van der Waals surface area contributed by atoms with E-state index in [4.69, 9.17) is 0 Å². The molecule has 0 fully saturated rings. The van der Waals surface area contributed by atoms with Gasteiger partial charge in [0.15, 0.2) is 5.78 Å². The summed E-state index contributed by atoms with van der Waals surface area (Å²) in [7, 11) is 0. The molecule has 1 N–H and O–H groups in total. The van der Waals surface area contributed by atoms with E-state index in [1.807, 2.05) is 41.1 Å². The van der Waals surface area contributed by atoms with Crippen LogP contribution in [-0.2, 0) is 4.79 Å². The molecular formula is C29H25N3O3. The van der Waals surface area contributed by atoms with E-state index in [0.717, 1.165) is 45.3 Å². The molecule has 0 radical (unpaired) electrons. The lowest BCUT2D eigenvalue weighted by Gasteiger charge is -2.40. The number of Topliss-reactive ketones (excluding diaryl/α,β-unsaturated/α-hetero) is 1. The van der Waals surface area contributed by atoms with Crippen LogP contribution < -0.4 is 5.32 Å². The predicted molar refractivity (Wildman–Crippen MR) is 138 cm³/mol. The van der Waals surface area contributed by atoms with Gasteiger partial charge in [-0.2, -0.15) is 0 Å². The van der Waals surface area contributed by atoms with Gasteiger partial charge in [-0.05, 0) is 52.4 Å². The van der Waals surface area contributed by atoms with Crippen molar-refractivity contribution in [2.24, 2.45) is 5.41 Å². The molecule has 174 valence electrons. The Morgan fingerprint density at radius 2 is 1.83 bits per heavy atom. The minimum absolute atomic E-state index is 0.0333. The fraction of sp³-hybridized carbons (Fsp3) is 0.207. The molecule has 3 aromatic carbocycles. The zero-order chi connectivity index (χ0) is 24.3. The van der Waals surface area contributed by atoms with E-state index in [1.54, 1.807) is 12.1 Å². The van der Waals surface area contributed by atoms with E-state index < -0.39 is 0 Å². The molecule has 1 atom stereocenters. The molecule has 0 unspecified atom stereocenters. The van der Waals surface area contributed by atoms with Crippen molar-refractivity contribution < 1.29 is 9.72 Å². The number of nitro groups is 1. The minimum atomic E-state index is -0.389. The van der Waals surface area contributed by atoms with Gasteiger partial charge >= 0.3 is 0 Å². The van der Waals surface area contributed by atoms with E-state index in [1.165, 1.54) is 6.07 Å². The number of non-ortho nitro benzene ring substituents is 1. The molecular weight excluding hydrogens is 438 g/mol. The maximum absolute atomic E-state index is 13.7. The third-order valence-corrected chi connectivity index (χ3v) is 7.13. The van der Waals surface area contributed by atoms with E-state index in [9.17, 15) is 14.9 Å². The number of ketones is 1. The van der Waals surface area contributed by atoms with Crippen molar-refractivity contribution in [2.75, 3.05) is 5.32 Å². The summed E-state index contributed by atoms with van der Waals surface area (Å²) in [6.07, 6.45) is 3.19. The van der Waals surface area contributed by atoms with Gasteiger partial charge in [-0.25, -0.2) is 0 Å². The fourth-order valence-corrected chi connectivity index (χ4v) is 5.68. The average Bonchev–Trinajstić information content (AvgIpc) is 3.32. The zero-order valence-electron chi connectivity index (χ0n) is 19.6. The van der Waals surface area contributed by atoms with Crippen LogP contribution in [0.25, 0.3) is 22.0 Å². The first-order valence-electron chi connectivity index (χ1n) is 11.8. The molecule has 0 saturated heterocycles. The third-order valence-electron chi connectivity index (χ3n) is 7.13. The van der Waals surface area contributed by atoms with Crippen molar-refractivity contribution in [3.63, 3.8) is 0 Å². The monoisotopic (exact) mass is 463 g/mol. The number of nitrogens with zero attached hydrogens (tertiary/aromatic N) is 2. The summed E-state index contributed by atoms with van der Waals surface area (Å²) in [6.45, 7) is 4.31. The number of fused-ring (bicyclic) bond motifs is 4. The van der Waals surface area contributed by atoms with Crippen LogP contribution in [0.1, 0.15) is 44.0 Å². The highest BCUT2D eigenvalue weighted by atomic mass is 16.6.